The van der Waals surface area contributed by atoms with E-state index in [1.165, 1.54) is 0 Å². The van der Waals surface area contributed by atoms with E-state index < -0.39 is 6.10 Å². The van der Waals surface area contributed by atoms with E-state index in [0.29, 0.717) is 0 Å². The first-order chi connectivity index (χ1) is 8.65. The van der Waals surface area contributed by atoms with Gasteiger partial charge in [0.15, 0.2) is 0 Å². The summed E-state index contributed by atoms with van der Waals surface area (Å²) in [6.07, 6.45) is -0.622. The summed E-state index contributed by atoms with van der Waals surface area (Å²) in [5.41, 5.74) is 1.99. The van der Waals surface area contributed by atoms with E-state index >= 15 is 0 Å². The summed E-state index contributed by atoms with van der Waals surface area (Å²) in [5, 5.41) is 10.0. The lowest BCUT2D eigenvalue weighted by Crippen LogP contribution is -2.09. The van der Waals surface area contributed by atoms with Crippen molar-refractivity contribution in [2.75, 3.05) is 6.61 Å². The molecule has 2 rings (SSSR count). The maximum atomic E-state index is 10.0. The van der Waals surface area contributed by atoms with Crippen LogP contribution in [0.4, 0.5) is 0 Å². The zero-order valence-corrected chi connectivity index (χ0v) is 11.7. The molecule has 0 amide bonds. The summed E-state index contributed by atoms with van der Waals surface area (Å²) in [7, 11) is 0. The average molecular weight is 307 g/mol. The van der Waals surface area contributed by atoms with E-state index in [0.717, 1.165) is 21.3 Å². The number of rotatable bonds is 4. The van der Waals surface area contributed by atoms with Gasteiger partial charge in [-0.3, -0.25) is 0 Å². The van der Waals surface area contributed by atoms with Gasteiger partial charge in [0.05, 0.1) is 0 Å². The molecule has 0 heterocycles. The molecular formula is C15H15BrO2. The topological polar surface area (TPSA) is 29.5 Å². The minimum atomic E-state index is -0.622. The third-order valence-corrected chi connectivity index (χ3v) is 3.12. The molecule has 0 aliphatic carbocycles. The molecule has 0 radical (unpaired) electrons. The van der Waals surface area contributed by atoms with Gasteiger partial charge in [-0.05, 0) is 42.3 Å². The molecule has 0 bridgehead atoms. The first-order valence-corrected chi connectivity index (χ1v) is 6.57. The lowest BCUT2D eigenvalue weighted by molar-refractivity contribution is 0.108. The zero-order chi connectivity index (χ0) is 13.0. The van der Waals surface area contributed by atoms with Gasteiger partial charge in [0.2, 0.25) is 0 Å². The number of hydrogen-bond acceptors (Lipinski definition) is 2. The summed E-state index contributed by atoms with van der Waals surface area (Å²) in [6.45, 7) is 2.26. The monoisotopic (exact) mass is 306 g/mol. The summed E-state index contributed by atoms with van der Waals surface area (Å²) >= 11 is 3.38. The quantitative estimate of drug-likeness (QED) is 0.929. The molecule has 2 nitrogen and oxygen atoms in total. The fourth-order valence-corrected chi connectivity index (χ4v) is 2.11. The molecule has 2 aromatic carbocycles. The van der Waals surface area contributed by atoms with Gasteiger partial charge in [-0.1, -0.05) is 40.2 Å². The van der Waals surface area contributed by atoms with Crippen LogP contribution in [0.25, 0.3) is 0 Å². The first-order valence-electron chi connectivity index (χ1n) is 5.78. The number of benzene rings is 2. The Morgan fingerprint density at radius 3 is 2.67 bits per heavy atom. The normalized spacial score (nSPS) is 12.2. The van der Waals surface area contributed by atoms with Crippen LogP contribution in [-0.2, 0) is 0 Å². The van der Waals surface area contributed by atoms with Crippen molar-refractivity contribution in [3.05, 3.63) is 64.1 Å². The molecule has 0 aliphatic heterocycles. The third kappa shape index (κ3) is 3.59. The summed E-state index contributed by atoms with van der Waals surface area (Å²) in [5.74, 6) is 0.782. The Labute approximate surface area is 115 Å². The molecule has 94 valence electrons. The largest absolute Gasteiger partial charge is 0.491 e. The molecule has 0 saturated carbocycles. The van der Waals surface area contributed by atoms with E-state index in [2.05, 4.69) is 15.9 Å². The molecule has 1 N–H and O–H groups in total. The van der Waals surface area contributed by atoms with Gasteiger partial charge in [0, 0.05) is 4.47 Å². The van der Waals surface area contributed by atoms with Crippen molar-refractivity contribution in [3.8, 4) is 5.75 Å². The number of ether oxygens (including phenoxy) is 1. The second-order valence-electron chi connectivity index (χ2n) is 4.20. The molecule has 0 fully saturated rings. The van der Waals surface area contributed by atoms with Gasteiger partial charge in [0.1, 0.15) is 18.5 Å². The molecule has 0 aromatic heterocycles. The third-order valence-electron chi connectivity index (χ3n) is 2.63. The summed E-state index contributed by atoms with van der Waals surface area (Å²) < 4.78 is 6.53. The number of hydrogen-bond donors (Lipinski definition) is 1. The second kappa shape index (κ2) is 6.03. The maximum Gasteiger partial charge on any atom is 0.119 e. The Bertz CT molecular complexity index is 525. The lowest BCUT2D eigenvalue weighted by atomic mass is 10.1. The van der Waals surface area contributed by atoms with E-state index in [4.69, 9.17) is 4.74 Å². The SMILES string of the molecule is Cc1cccc(OCC(O)c2cccc(Br)c2)c1. The van der Waals surface area contributed by atoms with Crippen LogP contribution in [0.3, 0.4) is 0 Å². The van der Waals surface area contributed by atoms with Crippen molar-refractivity contribution in [1.82, 2.24) is 0 Å². The number of aliphatic hydroxyl groups is 1. The van der Waals surface area contributed by atoms with Gasteiger partial charge in [-0.25, -0.2) is 0 Å². The number of aliphatic hydroxyl groups excluding tert-OH is 1. The van der Waals surface area contributed by atoms with Gasteiger partial charge < -0.3 is 9.84 Å². The second-order valence-corrected chi connectivity index (χ2v) is 5.11. The highest BCUT2D eigenvalue weighted by Gasteiger charge is 2.08. The molecule has 1 atom stereocenters. The zero-order valence-electron chi connectivity index (χ0n) is 10.1. The smallest absolute Gasteiger partial charge is 0.119 e. The minimum Gasteiger partial charge on any atom is -0.491 e. The highest BCUT2D eigenvalue weighted by molar-refractivity contribution is 9.10. The fraction of sp³-hybridized carbons (Fsp3) is 0.200. The Morgan fingerprint density at radius 2 is 1.94 bits per heavy atom. The maximum absolute atomic E-state index is 10.0. The Morgan fingerprint density at radius 1 is 1.17 bits per heavy atom. The van der Waals surface area contributed by atoms with Crippen molar-refractivity contribution in [1.29, 1.82) is 0 Å². The van der Waals surface area contributed by atoms with Gasteiger partial charge in [0.25, 0.3) is 0 Å². The molecule has 0 saturated heterocycles. The Balaban J connectivity index is 1.98. The van der Waals surface area contributed by atoms with E-state index in [9.17, 15) is 5.11 Å². The predicted octanol–water partition coefficient (Wildman–Crippen LogP) is 3.87. The number of halogens is 1. The van der Waals surface area contributed by atoms with Crippen LogP contribution in [0.2, 0.25) is 0 Å². The minimum absolute atomic E-state index is 0.250. The Kier molecular flexibility index (Phi) is 4.39. The molecule has 0 spiro atoms. The van der Waals surface area contributed by atoms with Crippen LogP contribution < -0.4 is 4.74 Å². The van der Waals surface area contributed by atoms with Crippen molar-refractivity contribution in [2.24, 2.45) is 0 Å². The van der Waals surface area contributed by atoms with Crippen LogP contribution in [0.1, 0.15) is 17.2 Å². The lowest BCUT2D eigenvalue weighted by Gasteiger charge is -2.13. The standard InChI is InChI=1S/C15H15BrO2/c1-11-4-2-7-14(8-11)18-10-15(17)12-5-3-6-13(16)9-12/h2-9,15,17H,10H2,1H3. The summed E-state index contributed by atoms with van der Waals surface area (Å²) in [6, 6.07) is 15.4. The highest BCUT2D eigenvalue weighted by atomic mass is 79.9. The van der Waals surface area contributed by atoms with Crippen LogP contribution >= 0.6 is 15.9 Å². The van der Waals surface area contributed by atoms with E-state index in [1.807, 2.05) is 55.5 Å². The van der Waals surface area contributed by atoms with Crippen molar-refractivity contribution in [2.45, 2.75) is 13.0 Å². The molecular weight excluding hydrogens is 292 g/mol. The van der Waals surface area contributed by atoms with Crippen LogP contribution in [-0.4, -0.2) is 11.7 Å². The van der Waals surface area contributed by atoms with Crippen molar-refractivity contribution in [3.63, 3.8) is 0 Å². The van der Waals surface area contributed by atoms with Crippen molar-refractivity contribution >= 4 is 15.9 Å². The first kappa shape index (κ1) is 13.1. The molecule has 2 aromatic rings. The fourth-order valence-electron chi connectivity index (χ4n) is 1.69. The molecule has 3 heteroatoms. The van der Waals surface area contributed by atoms with E-state index in [-0.39, 0.29) is 6.61 Å². The van der Waals surface area contributed by atoms with Crippen LogP contribution in [0, 0.1) is 6.92 Å². The molecule has 0 aliphatic rings. The average Bonchev–Trinajstić information content (AvgIpc) is 2.36. The van der Waals surface area contributed by atoms with Crippen LogP contribution in [0.5, 0.6) is 5.75 Å². The van der Waals surface area contributed by atoms with Crippen LogP contribution in [0.15, 0.2) is 53.0 Å². The predicted molar refractivity (Wildman–Crippen MR) is 75.8 cm³/mol. The van der Waals surface area contributed by atoms with E-state index in [1.54, 1.807) is 0 Å². The highest BCUT2D eigenvalue weighted by Crippen LogP contribution is 2.20. The van der Waals surface area contributed by atoms with Crippen molar-refractivity contribution < 1.29 is 9.84 Å². The van der Waals surface area contributed by atoms with Gasteiger partial charge in [-0.15, -0.1) is 0 Å². The molecule has 1 unspecified atom stereocenters. The number of aryl methyl sites for hydroxylation is 1. The van der Waals surface area contributed by atoms with Gasteiger partial charge in [-0.2, -0.15) is 0 Å². The molecule has 18 heavy (non-hydrogen) atoms. The summed E-state index contributed by atoms with van der Waals surface area (Å²) in [4.78, 5) is 0. The van der Waals surface area contributed by atoms with Gasteiger partial charge >= 0.3 is 0 Å². The Hall–Kier alpha value is -1.32.